The average Bonchev–Trinajstić information content (AvgIpc) is 2.66. The van der Waals surface area contributed by atoms with E-state index in [1.165, 1.54) is 0 Å². The van der Waals surface area contributed by atoms with Gasteiger partial charge in [-0.05, 0) is 47.1 Å². The summed E-state index contributed by atoms with van der Waals surface area (Å²) in [6, 6.07) is 8.56. The maximum Gasteiger partial charge on any atom is 0.501 e. The van der Waals surface area contributed by atoms with Crippen molar-refractivity contribution in [2.75, 3.05) is 39.6 Å². The van der Waals surface area contributed by atoms with Gasteiger partial charge in [0.25, 0.3) is 0 Å². The Hall–Kier alpha value is -0.963. The molecule has 0 amide bonds. The lowest BCUT2D eigenvalue weighted by atomic mass is 10.2. The van der Waals surface area contributed by atoms with Gasteiger partial charge in [-0.3, -0.25) is 0 Å². The van der Waals surface area contributed by atoms with Crippen molar-refractivity contribution in [1.82, 2.24) is 0 Å². The Morgan fingerprint density at radius 3 is 1.85 bits per heavy atom. The second kappa shape index (κ2) is 14.1. The highest BCUT2D eigenvalue weighted by atomic mass is 28.4. The molecule has 0 bridgehead atoms. The maximum absolute atomic E-state index is 6.04. The van der Waals surface area contributed by atoms with Crippen LogP contribution < -0.4 is 4.74 Å². The van der Waals surface area contributed by atoms with Gasteiger partial charge in [0.1, 0.15) is 5.75 Å². The smallest absolute Gasteiger partial charge is 0.493 e. The fourth-order valence-electron chi connectivity index (χ4n) is 2.81. The van der Waals surface area contributed by atoms with Crippen molar-refractivity contribution in [3.05, 3.63) is 29.8 Å². The molecule has 1 aromatic rings. The van der Waals surface area contributed by atoms with Gasteiger partial charge in [0.05, 0.1) is 6.61 Å². The molecule has 0 heterocycles. The quantitative estimate of drug-likeness (QED) is 0.230. The first-order valence-electron chi connectivity index (χ1n) is 10.0. The molecular weight excluding hydrogens is 364 g/mol. The second-order valence-electron chi connectivity index (χ2n) is 5.71. The highest BCUT2D eigenvalue weighted by molar-refractivity contribution is 6.60. The summed E-state index contributed by atoms with van der Waals surface area (Å²) in [5, 5.41) is 0. The molecule has 0 fully saturated rings. The van der Waals surface area contributed by atoms with Gasteiger partial charge in [0.2, 0.25) is 0 Å². The van der Waals surface area contributed by atoms with Crippen LogP contribution in [-0.2, 0) is 22.8 Å². The van der Waals surface area contributed by atoms with E-state index in [9.17, 15) is 0 Å². The van der Waals surface area contributed by atoms with Gasteiger partial charge in [0, 0.05) is 44.6 Å². The minimum Gasteiger partial charge on any atom is -0.493 e. The van der Waals surface area contributed by atoms with E-state index in [1.807, 2.05) is 58.9 Å². The third-order valence-electron chi connectivity index (χ3n) is 3.79. The van der Waals surface area contributed by atoms with Crippen molar-refractivity contribution in [1.29, 1.82) is 0 Å². The fourth-order valence-corrected chi connectivity index (χ4v) is 5.39. The van der Waals surface area contributed by atoms with Crippen molar-refractivity contribution in [3.63, 3.8) is 0 Å². The van der Waals surface area contributed by atoms with E-state index in [1.54, 1.807) is 0 Å². The second-order valence-corrected chi connectivity index (χ2v) is 8.45. The number of hydrogen-bond donors (Lipinski definition) is 0. The van der Waals surface area contributed by atoms with Crippen LogP contribution in [0.5, 0.6) is 5.75 Å². The van der Waals surface area contributed by atoms with Crippen LogP contribution in [0.2, 0.25) is 6.04 Å². The van der Waals surface area contributed by atoms with E-state index in [0.717, 1.165) is 23.8 Å². The van der Waals surface area contributed by atoms with Crippen LogP contribution in [0.4, 0.5) is 0 Å². The van der Waals surface area contributed by atoms with E-state index in [0.29, 0.717) is 39.6 Å². The lowest BCUT2D eigenvalue weighted by Gasteiger charge is -2.28. The van der Waals surface area contributed by atoms with Crippen molar-refractivity contribution in [3.8, 4) is 5.75 Å². The first-order chi connectivity index (χ1) is 13.2. The zero-order valence-corrected chi connectivity index (χ0v) is 18.5. The monoisotopic (exact) mass is 400 g/mol. The Labute approximate surface area is 165 Å². The van der Waals surface area contributed by atoms with Gasteiger partial charge in [-0.15, -0.1) is 0 Å². The van der Waals surface area contributed by atoms with E-state index >= 15 is 0 Å². The Balaban J connectivity index is 2.69. The predicted octanol–water partition coefficient (Wildman–Crippen LogP) is 4.58. The highest BCUT2D eigenvalue weighted by Gasteiger charge is 2.39. The molecule has 0 aliphatic heterocycles. The number of para-hydroxylation sites is 1. The summed E-state index contributed by atoms with van der Waals surface area (Å²) in [6.45, 7) is 13.2. The summed E-state index contributed by atoms with van der Waals surface area (Å²) >= 11 is 0. The molecule has 27 heavy (non-hydrogen) atoms. The third-order valence-corrected chi connectivity index (χ3v) is 6.94. The van der Waals surface area contributed by atoms with E-state index in [2.05, 4.69) is 0 Å². The van der Waals surface area contributed by atoms with Gasteiger partial charge < -0.3 is 27.5 Å². The molecule has 0 aliphatic carbocycles. The van der Waals surface area contributed by atoms with E-state index < -0.39 is 15.1 Å². The van der Waals surface area contributed by atoms with E-state index in [4.69, 9.17) is 27.5 Å². The van der Waals surface area contributed by atoms with Crippen LogP contribution >= 0.6 is 0 Å². The Kier molecular flexibility index (Phi) is 12.6. The lowest BCUT2D eigenvalue weighted by molar-refractivity contribution is -0.141. The molecule has 0 saturated carbocycles. The molecule has 6 nitrogen and oxygen atoms in total. The fraction of sp³-hybridized carbons (Fsp3) is 0.700. The Morgan fingerprint density at radius 2 is 1.33 bits per heavy atom. The molecule has 7 heteroatoms. The lowest BCUT2D eigenvalue weighted by Crippen LogP contribution is -2.46. The van der Waals surface area contributed by atoms with Crippen LogP contribution in [0.1, 0.15) is 52.9 Å². The van der Waals surface area contributed by atoms with Crippen LogP contribution in [0.25, 0.3) is 0 Å². The molecule has 0 unspecified atom stereocenters. The number of hydrogen-bond acceptors (Lipinski definition) is 6. The Bertz CT molecular complexity index is 476. The summed E-state index contributed by atoms with van der Waals surface area (Å²) in [5.41, 5.74) is 0.907. The Morgan fingerprint density at radius 1 is 0.778 bits per heavy atom. The molecule has 1 aromatic carbocycles. The van der Waals surface area contributed by atoms with Gasteiger partial charge in [-0.25, -0.2) is 0 Å². The number of benzene rings is 1. The molecule has 0 atom stereocenters. The van der Waals surface area contributed by atoms with Crippen LogP contribution in [-0.4, -0.2) is 48.4 Å². The molecular formula is C20H36O6Si. The van der Waals surface area contributed by atoms with Gasteiger partial charge in [-0.2, -0.15) is 0 Å². The van der Waals surface area contributed by atoms with Crippen molar-refractivity contribution >= 4 is 8.80 Å². The van der Waals surface area contributed by atoms with Gasteiger partial charge in [-0.1, -0.05) is 18.2 Å². The first-order valence-corrected chi connectivity index (χ1v) is 12.0. The van der Waals surface area contributed by atoms with Gasteiger partial charge >= 0.3 is 8.80 Å². The molecule has 0 aliphatic rings. The maximum atomic E-state index is 6.04. The summed E-state index contributed by atoms with van der Waals surface area (Å²) in [7, 11) is -2.62. The molecule has 0 radical (unpaired) electrons. The minimum atomic E-state index is -2.62. The standard InChI is InChI=1S/C20H36O6Si/c1-6-21-20(22-7-2)18-14-11-12-15-19(18)23-16-13-17-27(24-8-3,25-9-4)26-10-5/h11-12,14-15,20H,6-10,13,16-17H2,1-5H3. The van der Waals surface area contributed by atoms with Crippen molar-refractivity contribution < 1.29 is 27.5 Å². The number of rotatable bonds is 16. The van der Waals surface area contributed by atoms with Gasteiger partial charge in [0.15, 0.2) is 6.29 Å². The van der Waals surface area contributed by atoms with Crippen molar-refractivity contribution in [2.45, 2.75) is 53.4 Å². The molecule has 156 valence electrons. The van der Waals surface area contributed by atoms with E-state index in [-0.39, 0.29) is 0 Å². The molecule has 0 saturated heterocycles. The topological polar surface area (TPSA) is 55.4 Å². The molecule has 1 rings (SSSR count). The zero-order valence-electron chi connectivity index (χ0n) is 17.5. The SMILES string of the molecule is CCOC(OCC)c1ccccc1OCCC[Si](OCC)(OCC)OCC. The first kappa shape index (κ1) is 24.1. The normalized spacial score (nSPS) is 11.9. The highest BCUT2D eigenvalue weighted by Crippen LogP contribution is 2.29. The van der Waals surface area contributed by atoms with Crippen molar-refractivity contribution in [2.24, 2.45) is 0 Å². The molecule has 0 spiro atoms. The van der Waals surface area contributed by atoms with Crippen LogP contribution in [0.3, 0.4) is 0 Å². The summed E-state index contributed by atoms with van der Waals surface area (Å²) in [5.74, 6) is 0.779. The predicted molar refractivity (Wildman–Crippen MR) is 108 cm³/mol. The zero-order chi connectivity index (χ0) is 20.0. The van der Waals surface area contributed by atoms with Crippen LogP contribution in [0.15, 0.2) is 24.3 Å². The minimum absolute atomic E-state index is 0.417. The average molecular weight is 401 g/mol. The largest absolute Gasteiger partial charge is 0.501 e. The summed E-state index contributed by atoms with van der Waals surface area (Å²) in [6.07, 6.45) is 0.369. The number of ether oxygens (including phenoxy) is 3. The molecule has 0 aromatic heterocycles. The van der Waals surface area contributed by atoms with Crippen LogP contribution in [0, 0.1) is 0 Å². The molecule has 0 N–H and O–H groups in total. The summed E-state index contributed by atoms with van der Waals surface area (Å²) in [4.78, 5) is 0. The summed E-state index contributed by atoms with van der Waals surface area (Å²) < 4.78 is 35.1. The third kappa shape index (κ3) is 8.29.